The quantitative estimate of drug-likeness (QED) is 0.0591. The van der Waals surface area contributed by atoms with Gasteiger partial charge in [0.2, 0.25) is 5.91 Å². The van der Waals surface area contributed by atoms with Crippen LogP contribution in [0.3, 0.4) is 0 Å². The molecule has 3 N–H and O–H groups in total. The first kappa shape index (κ1) is 39.4. The van der Waals surface area contributed by atoms with Gasteiger partial charge in [-0.05, 0) is 38.5 Å². The Labute approximate surface area is 254 Å². The molecule has 0 heterocycles. The van der Waals surface area contributed by atoms with Crippen molar-refractivity contribution in [2.75, 3.05) is 6.61 Å². The molecule has 0 fully saturated rings. The van der Waals surface area contributed by atoms with Gasteiger partial charge < -0.3 is 15.5 Å². The van der Waals surface area contributed by atoms with E-state index in [1.54, 1.807) is 0 Å². The van der Waals surface area contributed by atoms with Crippen molar-refractivity contribution in [2.24, 2.45) is 0 Å². The highest BCUT2D eigenvalue weighted by Crippen LogP contribution is 2.15. The number of aliphatic hydroxyl groups excluding tert-OH is 2. The third kappa shape index (κ3) is 29.6. The number of carbonyl (C=O) groups is 1. The number of carbonyl (C=O) groups excluding carboxylic acids is 1. The van der Waals surface area contributed by atoms with Gasteiger partial charge in [-0.3, -0.25) is 4.79 Å². The van der Waals surface area contributed by atoms with Crippen molar-refractivity contribution >= 4 is 5.91 Å². The number of hydrogen-bond donors (Lipinski definition) is 3. The highest BCUT2D eigenvalue weighted by atomic mass is 16.3. The topological polar surface area (TPSA) is 69.6 Å². The van der Waals surface area contributed by atoms with Gasteiger partial charge in [0, 0.05) is 6.42 Å². The van der Waals surface area contributed by atoms with Crippen LogP contribution in [0.5, 0.6) is 0 Å². The summed E-state index contributed by atoms with van der Waals surface area (Å²) in [5, 5.41) is 22.9. The molecule has 0 rings (SSSR count). The third-order valence-electron chi connectivity index (χ3n) is 7.62. The van der Waals surface area contributed by atoms with E-state index in [0.29, 0.717) is 19.3 Å². The van der Waals surface area contributed by atoms with Gasteiger partial charge in [-0.15, -0.1) is 0 Å². The van der Waals surface area contributed by atoms with Crippen molar-refractivity contribution < 1.29 is 15.0 Å². The lowest BCUT2D eigenvalue weighted by Crippen LogP contribution is -2.45. The van der Waals surface area contributed by atoms with Gasteiger partial charge in [0.1, 0.15) is 0 Å². The predicted octanol–water partition coefficient (Wildman–Crippen LogP) is 10.1. The number of aliphatic hydroxyl groups is 2. The molecule has 4 nitrogen and oxygen atoms in total. The smallest absolute Gasteiger partial charge is 0.220 e. The minimum Gasteiger partial charge on any atom is -0.394 e. The summed E-state index contributed by atoms with van der Waals surface area (Å²) in [6.07, 6.45) is 43.2. The molecule has 0 aromatic rings. The molecular formula is C37H67NO3. The van der Waals surface area contributed by atoms with E-state index in [1.807, 2.05) is 6.08 Å². The molecule has 0 aromatic heterocycles. The summed E-state index contributed by atoms with van der Waals surface area (Å²) in [5.41, 5.74) is 0. The zero-order valence-electron chi connectivity index (χ0n) is 27.0. The minimum absolute atomic E-state index is 0.113. The normalized spacial score (nSPS) is 13.8. The average Bonchev–Trinajstić information content (AvgIpc) is 2.97. The van der Waals surface area contributed by atoms with Crippen LogP contribution in [0.25, 0.3) is 0 Å². The molecular weight excluding hydrogens is 506 g/mol. The van der Waals surface area contributed by atoms with Crippen LogP contribution in [-0.4, -0.2) is 34.9 Å². The molecule has 0 spiro atoms. The Hall–Kier alpha value is -1.65. The molecule has 4 heteroatoms. The maximum absolute atomic E-state index is 12.2. The molecule has 0 bridgehead atoms. The summed E-state index contributed by atoms with van der Waals surface area (Å²) >= 11 is 0. The Bertz CT molecular complexity index is 667. The second kappa shape index (κ2) is 32.9. The van der Waals surface area contributed by atoms with Gasteiger partial charge in [-0.25, -0.2) is 0 Å². The van der Waals surface area contributed by atoms with Gasteiger partial charge in [-0.2, -0.15) is 0 Å². The van der Waals surface area contributed by atoms with Crippen molar-refractivity contribution in [1.82, 2.24) is 5.32 Å². The van der Waals surface area contributed by atoms with E-state index in [1.165, 1.54) is 89.9 Å². The third-order valence-corrected chi connectivity index (χ3v) is 7.62. The number of rotatable bonds is 30. The number of hydrogen-bond acceptors (Lipinski definition) is 3. The van der Waals surface area contributed by atoms with E-state index in [2.05, 4.69) is 61.7 Å². The van der Waals surface area contributed by atoms with Crippen LogP contribution in [0.2, 0.25) is 0 Å². The first-order valence-electron chi connectivity index (χ1n) is 17.3. The van der Waals surface area contributed by atoms with Crippen LogP contribution < -0.4 is 5.32 Å². The second-order valence-electron chi connectivity index (χ2n) is 11.6. The van der Waals surface area contributed by atoms with E-state index < -0.39 is 12.1 Å². The summed E-state index contributed by atoms with van der Waals surface area (Å²) in [6, 6.07) is -0.573. The van der Waals surface area contributed by atoms with Gasteiger partial charge in [-0.1, -0.05) is 165 Å². The van der Waals surface area contributed by atoms with E-state index in [9.17, 15) is 15.0 Å². The molecule has 41 heavy (non-hydrogen) atoms. The highest BCUT2D eigenvalue weighted by Gasteiger charge is 2.19. The Kier molecular flexibility index (Phi) is 31.5. The molecule has 2 unspecified atom stereocenters. The van der Waals surface area contributed by atoms with E-state index >= 15 is 0 Å². The SMILES string of the molecule is CC/C=C\C/C=C\C/C=C\C/C=C\CCC(=O)NC(CO)C(O)CCCCCCCCCCCCCCCCCC. The van der Waals surface area contributed by atoms with Gasteiger partial charge in [0.05, 0.1) is 18.8 Å². The lowest BCUT2D eigenvalue weighted by molar-refractivity contribution is -0.123. The molecule has 238 valence electrons. The maximum Gasteiger partial charge on any atom is 0.220 e. The first-order chi connectivity index (χ1) is 20.2. The summed E-state index contributed by atoms with van der Waals surface area (Å²) in [5.74, 6) is -0.113. The van der Waals surface area contributed by atoms with Crippen LogP contribution >= 0.6 is 0 Å². The largest absolute Gasteiger partial charge is 0.394 e. The fourth-order valence-electron chi connectivity index (χ4n) is 4.96. The van der Waals surface area contributed by atoms with Gasteiger partial charge >= 0.3 is 0 Å². The van der Waals surface area contributed by atoms with E-state index in [-0.39, 0.29) is 12.5 Å². The molecule has 0 saturated heterocycles. The lowest BCUT2D eigenvalue weighted by atomic mass is 10.0. The summed E-state index contributed by atoms with van der Waals surface area (Å²) in [7, 11) is 0. The summed E-state index contributed by atoms with van der Waals surface area (Å²) in [6.45, 7) is 4.19. The molecule has 0 saturated carbocycles. The van der Waals surface area contributed by atoms with Crippen molar-refractivity contribution in [3.8, 4) is 0 Å². The zero-order chi connectivity index (χ0) is 30.1. The zero-order valence-corrected chi connectivity index (χ0v) is 27.0. The maximum atomic E-state index is 12.2. The second-order valence-corrected chi connectivity index (χ2v) is 11.6. The number of amides is 1. The Balaban J connectivity index is 3.68. The van der Waals surface area contributed by atoms with E-state index in [4.69, 9.17) is 0 Å². The Morgan fingerprint density at radius 3 is 1.46 bits per heavy atom. The van der Waals surface area contributed by atoms with Crippen LogP contribution in [0, 0.1) is 0 Å². The highest BCUT2D eigenvalue weighted by molar-refractivity contribution is 5.76. The number of nitrogens with one attached hydrogen (secondary N) is 1. The van der Waals surface area contributed by atoms with Gasteiger partial charge in [0.15, 0.2) is 0 Å². The van der Waals surface area contributed by atoms with Crippen molar-refractivity contribution in [3.05, 3.63) is 48.6 Å². The summed E-state index contributed by atoms with van der Waals surface area (Å²) < 4.78 is 0. The predicted molar refractivity (Wildman–Crippen MR) is 179 cm³/mol. The van der Waals surface area contributed by atoms with Gasteiger partial charge in [0.25, 0.3) is 0 Å². The summed E-state index contributed by atoms with van der Waals surface area (Å²) in [4.78, 5) is 12.2. The number of allylic oxidation sites excluding steroid dienone is 8. The lowest BCUT2D eigenvalue weighted by Gasteiger charge is -2.22. The average molecular weight is 574 g/mol. The number of unbranched alkanes of at least 4 members (excludes halogenated alkanes) is 15. The monoisotopic (exact) mass is 574 g/mol. The Morgan fingerprint density at radius 1 is 0.610 bits per heavy atom. The van der Waals surface area contributed by atoms with Crippen molar-refractivity contribution in [1.29, 1.82) is 0 Å². The molecule has 0 aliphatic heterocycles. The van der Waals surface area contributed by atoms with Crippen LogP contribution in [-0.2, 0) is 4.79 Å². The molecule has 0 aromatic carbocycles. The molecule has 0 radical (unpaired) electrons. The van der Waals surface area contributed by atoms with Crippen LogP contribution in [0.1, 0.15) is 162 Å². The molecule has 2 atom stereocenters. The van der Waals surface area contributed by atoms with Crippen LogP contribution in [0.15, 0.2) is 48.6 Å². The Morgan fingerprint density at radius 2 is 1.02 bits per heavy atom. The minimum atomic E-state index is -0.687. The van der Waals surface area contributed by atoms with E-state index in [0.717, 1.165) is 38.5 Å². The van der Waals surface area contributed by atoms with Crippen molar-refractivity contribution in [2.45, 2.75) is 174 Å². The molecule has 0 aliphatic rings. The molecule has 0 aliphatic carbocycles. The van der Waals surface area contributed by atoms with Crippen molar-refractivity contribution in [3.63, 3.8) is 0 Å². The fraction of sp³-hybridized carbons (Fsp3) is 0.757. The first-order valence-corrected chi connectivity index (χ1v) is 17.3. The van der Waals surface area contributed by atoms with Crippen LogP contribution in [0.4, 0.5) is 0 Å². The molecule has 1 amide bonds. The fourth-order valence-corrected chi connectivity index (χ4v) is 4.96. The standard InChI is InChI=1S/C37H67NO3/c1-3-5-7-9-11-13-15-17-18-19-21-22-24-26-28-30-32-36(40)35(34-39)38-37(41)33-31-29-27-25-23-20-16-14-12-10-8-6-4-2/h6,8,12,14,20,23,27,29,35-36,39-40H,3-5,7,9-11,13,15-19,21-22,24-26,28,30-34H2,1-2H3,(H,38,41)/b8-6-,14-12-,23-20-,29-27-.